The predicted molar refractivity (Wildman–Crippen MR) is 88.3 cm³/mol. The normalized spacial score (nSPS) is 17.1. The summed E-state index contributed by atoms with van der Waals surface area (Å²) in [5.74, 6) is 2.79. The number of aryl methyl sites for hydroxylation is 1. The van der Waals surface area contributed by atoms with E-state index in [1.807, 2.05) is 30.6 Å². The first-order valence-electron chi connectivity index (χ1n) is 8.29. The third-order valence-electron chi connectivity index (χ3n) is 4.87. The van der Waals surface area contributed by atoms with Crippen molar-refractivity contribution in [2.45, 2.75) is 25.2 Å². The van der Waals surface area contributed by atoms with Gasteiger partial charge in [0.05, 0.1) is 0 Å². The van der Waals surface area contributed by atoms with Crippen molar-refractivity contribution in [3.63, 3.8) is 0 Å². The third kappa shape index (κ3) is 2.86. The van der Waals surface area contributed by atoms with E-state index >= 15 is 0 Å². The van der Waals surface area contributed by atoms with E-state index in [0.717, 1.165) is 56.2 Å². The summed E-state index contributed by atoms with van der Waals surface area (Å²) in [5.41, 5.74) is 0.944. The summed E-state index contributed by atoms with van der Waals surface area (Å²) in [5, 5.41) is 8.70. The largest absolute Gasteiger partial charge is 0.338 e. The van der Waals surface area contributed by atoms with E-state index in [1.165, 1.54) is 0 Å². The Kier molecular flexibility index (Phi) is 3.83. The van der Waals surface area contributed by atoms with Crippen LogP contribution in [0.5, 0.6) is 0 Å². The van der Waals surface area contributed by atoms with Gasteiger partial charge in [-0.2, -0.15) is 0 Å². The molecule has 120 valence electrons. The van der Waals surface area contributed by atoms with Gasteiger partial charge in [0.2, 0.25) is 0 Å². The predicted octanol–water partition coefficient (Wildman–Crippen LogP) is 1.88. The molecule has 23 heavy (non-hydrogen) atoms. The lowest BCUT2D eigenvalue weighted by atomic mass is 9.96. The van der Waals surface area contributed by atoms with Crippen LogP contribution in [-0.4, -0.2) is 48.7 Å². The van der Waals surface area contributed by atoms with Crippen molar-refractivity contribution in [2.24, 2.45) is 7.05 Å². The Bertz CT molecular complexity index is 781. The Labute approximate surface area is 135 Å². The molecular formula is C17H22N6. The number of rotatable bonds is 4. The van der Waals surface area contributed by atoms with Crippen molar-refractivity contribution in [3.05, 3.63) is 48.4 Å². The molecule has 1 aliphatic heterocycles. The van der Waals surface area contributed by atoms with Gasteiger partial charge in [0.15, 0.2) is 5.65 Å². The number of hydrogen-bond donors (Lipinski definition) is 0. The molecule has 0 bridgehead atoms. The SMILES string of the molecule is Cn1ccnc1CCN1CCC(c2nnc3ccccn23)CC1. The summed E-state index contributed by atoms with van der Waals surface area (Å²) >= 11 is 0. The van der Waals surface area contributed by atoms with Crippen molar-refractivity contribution in [1.82, 2.24) is 29.0 Å². The van der Waals surface area contributed by atoms with Crippen LogP contribution in [0, 0.1) is 0 Å². The van der Waals surface area contributed by atoms with E-state index < -0.39 is 0 Å². The summed E-state index contributed by atoms with van der Waals surface area (Å²) < 4.78 is 4.24. The Morgan fingerprint density at radius 3 is 2.78 bits per heavy atom. The molecule has 0 aliphatic carbocycles. The van der Waals surface area contributed by atoms with Gasteiger partial charge in [-0.25, -0.2) is 4.98 Å². The molecule has 3 aromatic heterocycles. The lowest BCUT2D eigenvalue weighted by molar-refractivity contribution is 0.209. The summed E-state index contributed by atoms with van der Waals surface area (Å²) in [6.45, 7) is 3.33. The van der Waals surface area contributed by atoms with Crippen LogP contribution in [0.4, 0.5) is 0 Å². The van der Waals surface area contributed by atoms with Gasteiger partial charge in [-0.3, -0.25) is 4.40 Å². The number of piperidine rings is 1. The molecule has 0 unspecified atom stereocenters. The number of pyridine rings is 1. The zero-order valence-corrected chi connectivity index (χ0v) is 13.5. The molecule has 1 fully saturated rings. The Balaban J connectivity index is 1.36. The number of hydrogen-bond acceptors (Lipinski definition) is 4. The van der Waals surface area contributed by atoms with Gasteiger partial charge in [0, 0.05) is 44.5 Å². The average Bonchev–Trinajstić information content (AvgIpc) is 3.20. The molecule has 0 saturated carbocycles. The topological polar surface area (TPSA) is 51.2 Å². The lowest BCUT2D eigenvalue weighted by Crippen LogP contribution is -2.35. The monoisotopic (exact) mass is 310 g/mol. The van der Waals surface area contributed by atoms with E-state index in [-0.39, 0.29) is 0 Å². The van der Waals surface area contributed by atoms with Crippen LogP contribution >= 0.6 is 0 Å². The van der Waals surface area contributed by atoms with E-state index in [0.29, 0.717) is 5.92 Å². The summed E-state index contributed by atoms with van der Waals surface area (Å²) in [7, 11) is 2.06. The van der Waals surface area contributed by atoms with Crippen molar-refractivity contribution >= 4 is 5.65 Å². The van der Waals surface area contributed by atoms with Crippen molar-refractivity contribution in [2.75, 3.05) is 19.6 Å². The highest BCUT2D eigenvalue weighted by molar-refractivity contribution is 5.37. The molecule has 0 radical (unpaired) electrons. The van der Waals surface area contributed by atoms with Crippen LogP contribution in [0.3, 0.4) is 0 Å². The number of imidazole rings is 1. The maximum atomic E-state index is 4.42. The molecule has 0 amide bonds. The minimum absolute atomic E-state index is 0.511. The lowest BCUT2D eigenvalue weighted by Gasteiger charge is -2.31. The fraction of sp³-hybridized carbons (Fsp3) is 0.471. The van der Waals surface area contributed by atoms with E-state index in [9.17, 15) is 0 Å². The third-order valence-corrected chi connectivity index (χ3v) is 4.87. The summed E-state index contributed by atoms with van der Waals surface area (Å²) in [6, 6.07) is 6.06. The first-order valence-corrected chi connectivity index (χ1v) is 8.29. The first kappa shape index (κ1) is 14.4. The second kappa shape index (κ2) is 6.12. The molecule has 4 heterocycles. The molecule has 6 heteroatoms. The second-order valence-electron chi connectivity index (χ2n) is 6.31. The summed E-state index contributed by atoms with van der Waals surface area (Å²) in [4.78, 5) is 6.94. The molecule has 0 N–H and O–H groups in total. The van der Waals surface area contributed by atoms with Crippen LogP contribution < -0.4 is 0 Å². The fourth-order valence-electron chi connectivity index (χ4n) is 3.45. The molecule has 6 nitrogen and oxygen atoms in total. The van der Waals surface area contributed by atoms with E-state index in [2.05, 4.69) is 42.3 Å². The Morgan fingerprint density at radius 1 is 1.13 bits per heavy atom. The molecule has 3 aromatic rings. The van der Waals surface area contributed by atoms with Gasteiger partial charge in [-0.05, 0) is 38.1 Å². The molecule has 1 saturated heterocycles. The molecule has 0 aromatic carbocycles. The quantitative estimate of drug-likeness (QED) is 0.738. The van der Waals surface area contributed by atoms with Gasteiger partial charge in [-0.15, -0.1) is 10.2 Å². The number of aromatic nitrogens is 5. The van der Waals surface area contributed by atoms with Crippen LogP contribution in [-0.2, 0) is 13.5 Å². The average molecular weight is 310 g/mol. The van der Waals surface area contributed by atoms with Crippen molar-refractivity contribution in [3.8, 4) is 0 Å². The highest BCUT2D eigenvalue weighted by Gasteiger charge is 2.24. The van der Waals surface area contributed by atoms with Crippen LogP contribution in [0.1, 0.15) is 30.4 Å². The Hall–Kier alpha value is -2.21. The zero-order valence-electron chi connectivity index (χ0n) is 13.5. The molecule has 0 spiro atoms. The number of likely N-dealkylation sites (tertiary alicyclic amines) is 1. The van der Waals surface area contributed by atoms with E-state index in [4.69, 9.17) is 0 Å². The molecule has 4 rings (SSSR count). The van der Waals surface area contributed by atoms with E-state index in [1.54, 1.807) is 0 Å². The smallest absolute Gasteiger partial charge is 0.160 e. The van der Waals surface area contributed by atoms with Crippen LogP contribution in [0.2, 0.25) is 0 Å². The van der Waals surface area contributed by atoms with Gasteiger partial charge in [0.1, 0.15) is 11.6 Å². The van der Waals surface area contributed by atoms with Gasteiger partial charge in [0.25, 0.3) is 0 Å². The molecule has 1 aliphatic rings. The highest BCUT2D eigenvalue weighted by atomic mass is 15.3. The molecular weight excluding hydrogens is 288 g/mol. The zero-order chi connectivity index (χ0) is 15.6. The number of nitrogens with zero attached hydrogens (tertiary/aromatic N) is 6. The van der Waals surface area contributed by atoms with Gasteiger partial charge >= 0.3 is 0 Å². The first-order chi connectivity index (χ1) is 11.3. The van der Waals surface area contributed by atoms with Crippen molar-refractivity contribution < 1.29 is 0 Å². The Morgan fingerprint density at radius 2 is 2.00 bits per heavy atom. The maximum absolute atomic E-state index is 4.42. The maximum Gasteiger partial charge on any atom is 0.160 e. The van der Waals surface area contributed by atoms with Crippen LogP contribution in [0.15, 0.2) is 36.8 Å². The molecule has 0 atom stereocenters. The standard InChI is InChI=1S/C17H22N6/c1-21-13-8-18-15(21)7-12-22-10-5-14(6-11-22)17-20-19-16-4-2-3-9-23(16)17/h2-4,8-9,13-14H,5-7,10-12H2,1H3. The van der Waals surface area contributed by atoms with Crippen molar-refractivity contribution in [1.29, 1.82) is 0 Å². The minimum atomic E-state index is 0.511. The minimum Gasteiger partial charge on any atom is -0.338 e. The highest BCUT2D eigenvalue weighted by Crippen LogP contribution is 2.27. The second-order valence-corrected chi connectivity index (χ2v) is 6.31. The number of fused-ring (bicyclic) bond motifs is 1. The van der Waals surface area contributed by atoms with Crippen LogP contribution in [0.25, 0.3) is 5.65 Å². The fourth-order valence-corrected chi connectivity index (χ4v) is 3.45. The van der Waals surface area contributed by atoms with Gasteiger partial charge < -0.3 is 9.47 Å². The summed E-state index contributed by atoms with van der Waals surface area (Å²) in [6.07, 6.45) is 9.27. The van der Waals surface area contributed by atoms with Gasteiger partial charge in [-0.1, -0.05) is 6.07 Å².